The number of para-hydroxylation sites is 3. The van der Waals surface area contributed by atoms with Crippen molar-refractivity contribution < 1.29 is 55.5 Å². The number of imidazole rings is 3. The average molecular weight is 922 g/mol. The molecule has 10 N–H and O–H groups in total. The minimum absolute atomic E-state index is 0. The van der Waals surface area contributed by atoms with E-state index in [-0.39, 0.29) is 23.2 Å². The smallest absolute Gasteiger partial charge is 0.488 e. The molecule has 0 aliphatic carbocycles. The molecule has 68 heavy (non-hydrogen) atoms. The van der Waals surface area contributed by atoms with Gasteiger partial charge in [-0.05, 0) is 79.3 Å². The highest BCUT2D eigenvalue weighted by Gasteiger charge is 2.15. The van der Waals surface area contributed by atoms with Crippen molar-refractivity contribution >= 4 is 78.0 Å². The van der Waals surface area contributed by atoms with E-state index in [1.54, 1.807) is 32.4 Å². The summed E-state index contributed by atoms with van der Waals surface area (Å²) in [4.78, 5) is 21.9. The number of hydrogen-bond donors (Lipinski definition) is 6. The maximum Gasteiger partial charge on any atom is 0.488 e. The molecule has 9 aromatic rings. The molecular formula is C48H53B3N6O11. The quantitative estimate of drug-likeness (QED) is 0.0805. The number of rotatable bonds is 11. The molecule has 0 amide bonds. The second-order valence-corrected chi connectivity index (χ2v) is 15.0. The van der Waals surface area contributed by atoms with Gasteiger partial charge in [0, 0.05) is 19.6 Å². The van der Waals surface area contributed by atoms with Gasteiger partial charge >= 0.3 is 22.1 Å². The fourth-order valence-corrected chi connectivity index (χ4v) is 7.44. The maximum atomic E-state index is 9.84. The largest absolute Gasteiger partial charge is 0.506 e. The number of fused-ring (bicyclic) bond motifs is 3. The van der Waals surface area contributed by atoms with E-state index in [0.29, 0.717) is 30.6 Å². The number of benzene rings is 6. The molecule has 0 fully saturated rings. The van der Waals surface area contributed by atoms with Gasteiger partial charge in [0.1, 0.15) is 51.3 Å². The Kier molecular flexibility index (Phi) is 19.5. The van der Waals surface area contributed by atoms with Crippen LogP contribution in [0.25, 0.3) is 33.1 Å². The SMILES string of the molecule is COc1cccc2c1nc(C)n2Cc1ccc(B(O)O)cc1.COc1cccc2nc(C)n(Cc3ccc([B]O)cc3)c12.Cc1nc2c(O)cccc2n1Cc1ccc([B]O)cc1.O.O.O=CO. The van der Waals surface area contributed by atoms with Crippen molar-refractivity contribution in [1.82, 2.24) is 28.7 Å². The molecule has 3 heterocycles. The zero-order chi connectivity index (χ0) is 47.3. The fraction of sp³-hybridized carbons (Fsp3) is 0.167. The summed E-state index contributed by atoms with van der Waals surface area (Å²) in [7, 11) is 4.06. The van der Waals surface area contributed by atoms with Gasteiger partial charge in [-0.1, -0.05) is 102 Å². The molecule has 6 aromatic carbocycles. The van der Waals surface area contributed by atoms with Gasteiger partial charge in [0.2, 0.25) is 0 Å². The number of hydrogen-bond acceptors (Lipinski definition) is 11. The summed E-state index contributed by atoms with van der Waals surface area (Å²) in [5, 5.41) is 52.9. The molecule has 20 heteroatoms. The Labute approximate surface area is 394 Å². The molecule has 17 nitrogen and oxygen atoms in total. The van der Waals surface area contributed by atoms with Crippen LogP contribution >= 0.6 is 0 Å². The number of aromatic hydroxyl groups is 1. The lowest BCUT2D eigenvalue weighted by Gasteiger charge is -2.10. The number of nitrogens with zero attached hydrogens (tertiary/aromatic N) is 6. The Hall–Kier alpha value is -7.45. The van der Waals surface area contributed by atoms with Crippen LogP contribution in [0.4, 0.5) is 0 Å². The Balaban J connectivity index is 0.000000213. The second kappa shape index (κ2) is 24.9. The van der Waals surface area contributed by atoms with Crippen molar-refractivity contribution in [2.24, 2.45) is 0 Å². The lowest BCUT2D eigenvalue weighted by atomic mass is 9.80. The first-order valence-corrected chi connectivity index (χ1v) is 20.7. The van der Waals surface area contributed by atoms with E-state index in [1.807, 2.05) is 130 Å². The third kappa shape index (κ3) is 12.5. The summed E-state index contributed by atoms with van der Waals surface area (Å²) >= 11 is 0. The number of carbonyl (C=O) groups is 1. The first-order valence-electron chi connectivity index (χ1n) is 20.7. The van der Waals surface area contributed by atoms with E-state index in [2.05, 4.69) is 28.7 Å². The first kappa shape index (κ1) is 53.2. The summed E-state index contributed by atoms with van der Waals surface area (Å²) in [6.45, 7) is 7.69. The normalized spacial score (nSPS) is 10.2. The van der Waals surface area contributed by atoms with Crippen LogP contribution in [0.2, 0.25) is 0 Å². The molecule has 0 saturated carbocycles. The monoisotopic (exact) mass is 922 g/mol. The van der Waals surface area contributed by atoms with Gasteiger partial charge < -0.3 is 64.4 Å². The Morgan fingerprint density at radius 2 is 0.985 bits per heavy atom. The molecule has 0 saturated heterocycles. The van der Waals surface area contributed by atoms with Crippen molar-refractivity contribution in [3.05, 3.63) is 162 Å². The second-order valence-electron chi connectivity index (χ2n) is 15.0. The summed E-state index contributed by atoms with van der Waals surface area (Å²) in [5.41, 5.74) is 10.7. The Morgan fingerprint density at radius 1 is 0.574 bits per heavy atom. The third-order valence-electron chi connectivity index (χ3n) is 10.8. The molecule has 2 radical (unpaired) electrons. The van der Waals surface area contributed by atoms with E-state index < -0.39 is 7.12 Å². The number of aryl methyl sites for hydroxylation is 3. The lowest BCUT2D eigenvalue weighted by molar-refractivity contribution is -0.122. The highest BCUT2D eigenvalue weighted by molar-refractivity contribution is 6.58. The zero-order valence-corrected chi connectivity index (χ0v) is 38.1. The predicted molar refractivity (Wildman–Crippen MR) is 266 cm³/mol. The number of carboxylic acid groups (broad SMARTS) is 1. The highest BCUT2D eigenvalue weighted by atomic mass is 16.5. The Morgan fingerprint density at radius 3 is 1.47 bits per heavy atom. The van der Waals surface area contributed by atoms with Crippen molar-refractivity contribution in [3.63, 3.8) is 0 Å². The van der Waals surface area contributed by atoms with E-state index in [4.69, 9.17) is 39.5 Å². The minimum Gasteiger partial charge on any atom is -0.506 e. The number of ether oxygens (including phenoxy) is 2. The van der Waals surface area contributed by atoms with Crippen molar-refractivity contribution in [2.75, 3.05) is 14.2 Å². The van der Waals surface area contributed by atoms with Gasteiger partial charge in [0.15, 0.2) is 0 Å². The molecule has 350 valence electrons. The average Bonchev–Trinajstić information content (AvgIpc) is 3.96. The van der Waals surface area contributed by atoms with E-state index in [9.17, 15) is 5.11 Å². The molecular weight excluding hydrogens is 869 g/mol. The summed E-state index contributed by atoms with van der Waals surface area (Å²) < 4.78 is 17.1. The summed E-state index contributed by atoms with van der Waals surface area (Å²) in [6, 6.07) is 39.8. The van der Waals surface area contributed by atoms with Crippen LogP contribution in [-0.2, 0) is 24.4 Å². The topological polar surface area (TPSA) is 273 Å². The van der Waals surface area contributed by atoms with Crippen LogP contribution in [0, 0.1) is 20.8 Å². The molecule has 0 unspecified atom stereocenters. The zero-order valence-electron chi connectivity index (χ0n) is 38.1. The fourth-order valence-electron chi connectivity index (χ4n) is 7.44. The van der Waals surface area contributed by atoms with Gasteiger partial charge in [0.25, 0.3) is 6.47 Å². The molecule has 0 atom stereocenters. The first-order chi connectivity index (χ1) is 31.9. The summed E-state index contributed by atoms with van der Waals surface area (Å²) in [6.07, 6.45) is 0. The van der Waals surface area contributed by atoms with Crippen LogP contribution in [0.15, 0.2) is 127 Å². The van der Waals surface area contributed by atoms with Crippen molar-refractivity contribution in [1.29, 1.82) is 0 Å². The molecule has 0 aliphatic rings. The molecule has 0 spiro atoms. The standard InChI is InChI=1S/C16H17BN2O3.C16H16BN2O2.C15H14BN2O2.CH2O2.2H2O/c1-11-18-16-14(4-3-5-15(16)22-2)19(11)10-12-6-8-13(9-7-12)17(20)21;1-11-18-14-4-3-5-15(21-2)16(14)19(11)10-12-6-8-13(17-20)9-7-12;1-10-17-15-13(3-2-4-14(15)19)18(10)9-11-5-7-12(16-20)8-6-11;2-1-3;;/h3-9,20-21H,10H2,1-2H3;3-9,20H,10H2,1-2H3;2-8,19-20H,9H2,1H3;1H,(H,2,3);2*1H2. The number of phenolic OH excluding ortho intramolecular Hbond substituents is 1. The van der Waals surface area contributed by atoms with E-state index in [0.717, 1.165) is 99.1 Å². The lowest BCUT2D eigenvalue weighted by Crippen LogP contribution is -2.29. The van der Waals surface area contributed by atoms with Crippen LogP contribution in [0.5, 0.6) is 17.2 Å². The van der Waals surface area contributed by atoms with Crippen LogP contribution < -0.4 is 25.9 Å². The molecule has 9 rings (SSSR count). The Bertz CT molecular complexity index is 3020. The van der Waals surface area contributed by atoms with E-state index >= 15 is 0 Å². The van der Waals surface area contributed by atoms with Gasteiger partial charge in [-0.2, -0.15) is 0 Å². The van der Waals surface area contributed by atoms with Crippen LogP contribution in [-0.4, -0.2) is 113 Å². The number of phenols is 1. The van der Waals surface area contributed by atoms with Gasteiger partial charge in [-0.3, -0.25) is 4.79 Å². The third-order valence-corrected chi connectivity index (χ3v) is 10.8. The number of methoxy groups -OCH3 is 2. The van der Waals surface area contributed by atoms with Crippen molar-refractivity contribution in [3.8, 4) is 17.2 Å². The van der Waals surface area contributed by atoms with Gasteiger partial charge in [-0.15, -0.1) is 0 Å². The minimum atomic E-state index is -1.44. The molecule has 0 aliphatic heterocycles. The van der Waals surface area contributed by atoms with Gasteiger partial charge in [0.05, 0.1) is 30.8 Å². The van der Waals surface area contributed by atoms with Crippen LogP contribution in [0.3, 0.4) is 0 Å². The van der Waals surface area contributed by atoms with Crippen molar-refractivity contribution in [2.45, 2.75) is 40.4 Å². The van der Waals surface area contributed by atoms with Gasteiger partial charge in [-0.25, -0.2) is 15.0 Å². The predicted octanol–water partition coefficient (Wildman–Crippen LogP) is 2.11. The molecule has 0 bridgehead atoms. The highest BCUT2D eigenvalue weighted by Crippen LogP contribution is 2.29. The van der Waals surface area contributed by atoms with Crippen LogP contribution in [0.1, 0.15) is 34.2 Å². The molecule has 3 aromatic heterocycles. The maximum absolute atomic E-state index is 9.84. The van der Waals surface area contributed by atoms with E-state index in [1.165, 1.54) is 0 Å². The number of aromatic nitrogens is 6. The summed E-state index contributed by atoms with van der Waals surface area (Å²) in [5.74, 6) is 4.51.